The lowest BCUT2D eigenvalue weighted by Gasteiger charge is -2.14. The van der Waals surface area contributed by atoms with Crippen molar-refractivity contribution in [1.29, 1.82) is 0 Å². The van der Waals surface area contributed by atoms with Crippen LogP contribution in [0.4, 0.5) is 10.1 Å². The van der Waals surface area contributed by atoms with Crippen molar-refractivity contribution in [1.82, 2.24) is 0 Å². The molecule has 0 aromatic heterocycles. The molecule has 0 aliphatic rings. The minimum atomic E-state index is -1.19. The van der Waals surface area contributed by atoms with E-state index in [4.69, 9.17) is 9.84 Å². The maximum atomic E-state index is 13.6. The van der Waals surface area contributed by atoms with Crippen molar-refractivity contribution in [2.45, 2.75) is 33.3 Å². The SMILES string of the molecule is CC(C)CCOC(C)C(=O)Nc1cc(C(=O)O)ccc1F. The second kappa shape index (κ2) is 7.73. The Balaban J connectivity index is 2.65. The van der Waals surface area contributed by atoms with Crippen LogP contribution in [-0.4, -0.2) is 29.7 Å². The highest BCUT2D eigenvalue weighted by molar-refractivity contribution is 5.96. The van der Waals surface area contributed by atoms with E-state index in [2.05, 4.69) is 5.32 Å². The maximum Gasteiger partial charge on any atom is 0.335 e. The molecule has 0 aliphatic heterocycles. The monoisotopic (exact) mass is 297 g/mol. The van der Waals surface area contributed by atoms with Crippen LogP contribution in [0.15, 0.2) is 18.2 Å². The van der Waals surface area contributed by atoms with Gasteiger partial charge in [-0.1, -0.05) is 13.8 Å². The van der Waals surface area contributed by atoms with E-state index >= 15 is 0 Å². The van der Waals surface area contributed by atoms with Gasteiger partial charge < -0.3 is 15.2 Å². The Hall–Kier alpha value is -1.95. The fraction of sp³-hybridized carbons (Fsp3) is 0.467. The van der Waals surface area contributed by atoms with Gasteiger partial charge in [0, 0.05) is 6.61 Å². The molecular formula is C15H20FNO4. The van der Waals surface area contributed by atoms with Crippen molar-refractivity contribution < 1.29 is 23.8 Å². The molecule has 0 saturated carbocycles. The number of aromatic carboxylic acids is 1. The first-order chi connectivity index (χ1) is 9.81. The number of carbonyl (C=O) groups excluding carboxylic acids is 1. The second-order valence-electron chi connectivity index (χ2n) is 5.18. The molecule has 6 heteroatoms. The van der Waals surface area contributed by atoms with Crippen molar-refractivity contribution in [3.05, 3.63) is 29.6 Å². The highest BCUT2D eigenvalue weighted by Gasteiger charge is 2.16. The molecule has 0 fully saturated rings. The number of anilines is 1. The molecule has 1 unspecified atom stereocenters. The first-order valence-corrected chi connectivity index (χ1v) is 6.76. The normalized spacial score (nSPS) is 12.2. The zero-order chi connectivity index (χ0) is 16.0. The maximum absolute atomic E-state index is 13.6. The van der Waals surface area contributed by atoms with Crippen molar-refractivity contribution in [2.75, 3.05) is 11.9 Å². The minimum Gasteiger partial charge on any atom is -0.478 e. The number of nitrogens with one attached hydrogen (secondary N) is 1. The van der Waals surface area contributed by atoms with Gasteiger partial charge in [-0.2, -0.15) is 0 Å². The molecular weight excluding hydrogens is 277 g/mol. The number of amides is 1. The number of carbonyl (C=O) groups is 2. The van der Waals surface area contributed by atoms with Gasteiger partial charge in [0.2, 0.25) is 0 Å². The van der Waals surface area contributed by atoms with E-state index in [1.807, 2.05) is 13.8 Å². The first kappa shape index (κ1) is 17.1. The van der Waals surface area contributed by atoms with Gasteiger partial charge in [-0.15, -0.1) is 0 Å². The van der Waals surface area contributed by atoms with Crippen LogP contribution in [0.1, 0.15) is 37.6 Å². The molecule has 21 heavy (non-hydrogen) atoms. The summed E-state index contributed by atoms with van der Waals surface area (Å²) in [5, 5.41) is 11.2. The summed E-state index contributed by atoms with van der Waals surface area (Å²) in [5.41, 5.74) is -0.265. The van der Waals surface area contributed by atoms with E-state index in [1.54, 1.807) is 6.92 Å². The average molecular weight is 297 g/mol. The van der Waals surface area contributed by atoms with Gasteiger partial charge in [0.15, 0.2) is 0 Å². The molecule has 1 rings (SSSR count). The van der Waals surface area contributed by atoms with Crippen molar-refractivity contribution in [2.24, 2.45) is 5.92 Å². The molecule has 1 aromatic rings. The number of hydrogen-bond acceptors (Lipinski definition) is 3. The number of carboxylic acid groups (broad SMARTS) is 1. The summed E-state index contributed by atoms with van der Waals surface area (Å²) in [6.45, 7) is 6.08. The molecule has 0 bridgehead atoms. The fourth-order valence-corrected chi connectivity index (χ4v) is 1.54. The fourth-order valence-electron chi connectivity index (χ4n) is 1.54. The number of ether oxygens (including phenoxy) is 1. The largest absolute Gasteiger partial charge is 0.478 e. The summed E-state index contributed by atoms with van der Waals surface area (Å²) < 4.78 is 18.9. The Morgan fingerprint density at radius 3 is 2.57 bits per heavy atom. The summed E-state index contributed by atoms with van der Waals surface area (Å²) in [7, 11) is 0. The highest BCUT2D eigenvalue weighted by atomic mass is 19.1. The standard InChI is InChI=1S/C15H20FNO4/c1-9(2)6-7-21-10(3)14(18)17-13-8-11(15(19)20)4-5-12(13)16/h4-5,8-10H,6-7H2,1-3H3,(H,17,18)(H,19,20). The van der Waals surface area contributed by atoms with Crippen molar-refractivity contribution in [3.8, 4) is 0 Å². The van der Waals surface area contributed by atoms with Gasteiger partial charge in [0.25, 0.3) is 5.91 Å². The molecule has 5 nitrogen and oxygen atoms in total. The number of benzene rings is 1. The van der Waals surface area contributed by atoms with E-state index in [0.717, 1.165) is 24.6 Å². The molecule has 0 saturated heterocycles. The third-order valence-corrected chi connectivity index (χ3v) is 2.90. The van der Waals surface area contributed by atoms with Crippen LogP contribution in [0.25, 0.3) is 0 Å². The summed E-state index contributed by atoms with van der Waals surface area (Å²) >= 11 is 0. The van der Waals surface area contributed by atoms with E-state index < -0.39 is 23.8 Å². The minimum absolute atomic E-state index is 0.0971. The lowest BCUT2D eigenvalue weighted by atomic mass is 10.1. The third kappa shape index (κ3) is 5.51. The number of halogens is 1. The van der Waals surface area contributed by atoms with Crippen molar-refractivity contribution >= 4 is 17.6 Å². The Morgan fingerprint density at radius 2 is 2.00 bits per heavy atom. The Bertz CT molecular complexity index is 516. The molecule has 1 atom stereocenters. The Morgan fingerprint density at radius 1 is 1.33 bits per heavy atom. The van der Waals surface area contributed by atoms with Crippen LogP contribution in [0, 0.1) is 11.7 Å². The molecule has 0 spiro atoms. The van der Waals surface area contributed by atoms with Crippen LogP contribution in [0.3, 0.4) is 0 Å². The summed E-state index contributed by atoms with van der Waals surface area (Å²) in [6, 6.07) is 3.22. The predicted octanol–water partition coefficient (Wildman–Crippen LogP) is 2.91. The van der Waals surface area contributed by atoms with Gasteiger partial charge in [-0.25, -0.2) is 9.18 Å². The molecule has 0 heterocycles. The van der Waals surface area contributed by atoms with Gasteiger partial charge in [0.05, 0.1) is 11.3 Å². The number of rotatable bonds is 7. The molecule has 1 aromatic carbocycles. The Labute approximate surface area is 123 Å². The lowest BCUT2D eigenvalue weighted by molar-refractivity contribution is -0.126. The van der Waals surface area contributed by atoms with Crippen LogP contribution in [0.5, 0.6) is 0 Å². The number of carboxylic acids is 1. The quantitative estimate of drug-likeness (QED) is 0.811. The highest BCUT2D eigenvalue weighted by Crippen LogP contribution is 2.17. The number of hydrogen-bond donors (Lipinski definition) is 2. The Kier molecular flexibility index (Phi) is 6.30. The molecule has 2 N–H and O–H groups in total. The average Bonchev–Trinajstić information content (AvgIpc) is 2.40. The molecule has 1 amide bonds. The van der Waals surface area contributed by atoms with Crippen LogP contribution in [0.2, 0.25) is 0 Å². The van der Waals surface area contributed by atoms with Gasteiger partial charge in [-0.3, -0.25) is 4.79 Å². The predicted molar refractivity (Wildman–Crippen MR) is 76.9 cm³/mol. The molecule has 0 aliphatic carbocycles. The van der Waals surface area contributed by atoms with Crippen LogP contribution >= 0.6 is 0 Å². The van der Waals surface area contributed by atoms with E-state index in [-0.39, 0.29) is 11.3 Å². The van der Waals surface area contributed by atoms with Crippen LogP contribution in [-0.2, 0) is 9.53 Å². The lowest BCUT2D eigenvalue weighted by Crippen LogP contribution is -2.28. The summed E-state index contributed by atoms with van der Waals surface area (Å²) in [6.07, 6.45) is 0.0807. The third-order valence-electron chi connectivity index (χ3n) is 2.90. The van der Waals surface area contributed by atoms with Gasteiger partial charge in [0.1, 0.15) is 11.9 Å². The van der Waals surface area contributed by atoms with E-state index in [1.165, 1.54) is 0 Å². The van der Waals surface area contributed by atoms with Crippen LogP contribution < -0.4 is 5.32 Å². The zero-order valence-electron chi connectivity index (χ0n) is 12.4. The first-order valence-electron chi connectivity index (χ1n) is 6.76. The zero-order valence-corrected chi connectivity index (χ0v) is 12.4. The smallest absolute Gasteiger partial charge is 0.335 e. The second-order valence-corrected chi connectivity index (χ2v) is 5.18. The van der Waals surface area contributed by atoms with E-state index in [0.29, 0.717) is 12.5 Å². The molecule has 116 valence electrons. The van der Waals surface area contributed by atoms with Gasteiger partial charge >= 0.3 is 5.97 Å². The topological polar surface area (TPSA) is 75.6 Å². The van der Waals surface area contributed by atoms with Gasteiger partial charge in [-0.05, 0) is 37.5 Å². The summed E-state index contributed by atoms with van der Waals surface area (Å²) in [4.78, 5) is 22.7. The summed E-state index contributed by atoms with van der Waals surface area (Å²) in [5.74, 6) is -1.93. The van der Waals surface area contributed by atoms with E-state index in [9.17, 15) is 14.0 Å². The van der Waals surface area contributed by atoms with Crippen molar-refractivity contribution in [3.63, 3.8) is 0 Å². The molecule has 0 radical (unpaired) electrons.